The zero-order valence-corrected chi connectivity index (χ0v) is 9.00. The lowest BCUT2D eigenvalue weighted by Gasteiger charge is -2.42. The van der Waals surface area contributed by atoms with E-state index in [4.69, 9.17) is 0 Å². The summed E-state index contributed by atoms with van der Waals surface area (Å²) >= 11 is 3.32. The highest BCUT2D eigenvalue weighted by atomic mass is 79.9. The molecule has 0 aromatic heterocycles. The van der Waals surface area contributed by atoms with Crippen molar-refractivity contribution in [2.75, 3.05) is 18.0 Å². The van der Waals surface area contributed by atoms with Crippen molar-refractivity contribution < 1.29 is 9.18 Å². The van der Waals surface area contributed by atoms with Gasteiger partial charge < -0.3 is 4.90 Å². The molecule has 0 spiro atoms. The third kappa shape index (κ3) is 1.66. The van der Waals surface area contributed by atoms with Crippen LogP contribution in [-0.2, 0) is 4.79 Å². The van der Waals surface area contributed by atoms with Crippen LogP contribution in [0.2, 0.25) is 0 Å². The van der Waals surface area contributed by atoms with E-state index in [1.807, 2.05) is 29.2 Å². The molecule has 1 aliphatic rings. The number of alkyl halides is 1. The van der Waals surface area contributed by atoms with E-state index in [9.17, 15) is 9.18 Å². The number of aldehydes is 1. The maximum Gasteiger partial charge on any atom is 0.200 e. The van der Waals surface area contributed by atoms with Gasteiger partial charge in [0, 0.05) is 10.2 Å². The fourth-order valence-electron chi connectivity index (χ4n) is 1.50. The summed E-state index contributed by atoms with van der Waals surface area (Å²) in [6.45, 7) is 0.330. The van der Waals surface area contributed by atoms with Gasteiger partial charge in [-0.1, -0.05) is 15.9 Å². The SMILES string of the molecule is O=CC1(F)CN(c2ccc(Br)cc2)C1. The topological polar surface area (TPSA) is 20.3 Å². The molecule has 0 N–H and O–H groups in total. The van der Waals surface area contributed by atoms with Gasteiger partial charge in [0.1, 0.15) is 0 Å². The molecule has 4 heteroatoms. The van der Waals surface area contributed by atoms with Crippen molar-refractivity contribution in [1.82, 2.24) is 0 Å². The van der Waals surface area contributed by atoms with Crippen molar-refractivity contribution in [2.24, 2.45) is 0 Å². The Labute approximate surface area is 89.8 Å². The summed E-state index contributed by atoms with van der Waals surface area (Å²) in [6.07, 6.45) is 0.391. The van der Waals surface area contributed by atoms with Gasteiger partial charge >= 0.3 is 0 Å². The maximum atomic E-state index is 13.2. The van der Waals surface area contributed by atoms with E-state index in [0.29, 0.717) is 6.29 Å². The summed E-state index contributed by atoms with van der Waals surface area (Å²) in [4.78, 5) is 12.2. The Morgan fingerprint density at radius 3 is 2.43 bits per heavy atom. The molecule has 0 radical (unpaired) electrons. The van der Waals surface area contributed by atoms with Crippen molar-refractivity contribution in [1.29, 1.82) is 0 Å². The molecule has 0 amide bonds. The molecule has 0 saturated carbocycles. The maximum absolute atomic E-state index is 13.2. The highest BCUT2D eigenvalue weighted by Gasteiger charge is 2.43. The standard InChI is InChI=1S/C10H9BrFNO/c11-8-1-3-9(4-2-8)13-5-10(12,6-13)7-14/h1-4,7H,5-6H2. The highest BCUT2D eigenvalue weighted by molar-refractivity contribution is 9.10. The number of hydrogen-bond donors (Lipinski definition) is 0. The minimum atomic E-state index is -1.63. The summed E-state index contributed by atoms with van der Waals surface area (Å²) in [5.41, 5.74) is -0.684. The molecule has 1 fully saturated rings. The molecule has 1 aliphatic heterocycles. The van der Waals surface area contributed by atoms with Gasteiger partial charge in [-0.05, 0) is 24.3 Å². The normalized spacial score (nSPS) is 18.9. The Hall–Kier alpha value is -0.900. The number of carbonyl (C=O) groups excluding carboxylic acids is 1. The monoisotopic (exact) mass is 257 g/mol. The van der Waals surface area contributed by atoms with Gasteiger partial charge in [0.15, 0.2) is 12.0 Å². The second-order valence-corrected chi connectivity index (χ2v) is 4.40. The minimum Gasteiger partial charge on any atom is -0.364 e. The molecular weight excluding hydrogens is 249 g/mol. The van der Waals surface area contributed by atoms with Crippen LogP contribution >= 0.6 is 15.9 Å². The van der Waals surface area contributed by atoms with Crippen LogP contribution in [0, 0.1) is 0 Å². The molecule has 0 atom stereocenters. The Balaban J connectivity index is 2.06. The van der Waals surface area contributed by atoms with Crippen LogP contribution in [0.1, 0.15) is 0 Å². The van der Waals surface area contributed by atoms with E-state index in [-0.39, 0.29) is 13.1 Å². The van der Waals surface area contributed by atoms with E-state index in [1.165, 1.54) is 0 Å². The average Bonchev–Trinajstić information content (AvgIpc) is 2.15. The van der Waals surface area contributed by atoms with E-state index in [2.05, 4.69) is 15.9 Å². The predicted octanol–water partition coefficient (Wildman–Crippen LogP) is 2.18. The largest absolute Gasteiger partial charge is 0.364 e. The van der Waals surface area contributed by atoms with Gasteiger partial charge in [0.05, 0.1) is 13.1 Å². The molecule has 2 nitrogen and oxygen atoms in total. The van der Waals surface area contributed by atoms with Crippen LogP contribution in [-0.4, -0.2) is 25.0 Å². The van der Waals surface area contributed by atoms with E-state index in [0.717, 1.165) is 10.2 Å². The fraction of sp³-hybridized carbons (Fsp3) is 0.300. The van der Waals surface area contributed by atoms with Gasteiger partial charge in [0.25, 0.3) is 0 Å². The average molecular weight is 258 g/mol. The van der Waals surface area contributed by atoms with Crippen LogP contribution in [0.4, 0.5) is 10.1 Å². The summed E-state index contributed by atoms with van der Waals surface area (Å²) in [6, 6.07) is 7.59. The predicted molar refractivity (Wildman–Crippen MR) is 56.3 cm³/mol. The van der Waals surface area contributed by atoms with Gasteiger partial charge in [0.2, 0.25) is 0 Å². The number of benzene rings is 1. The van der Waals surface area contributed by atoms with Crippen molar-refractivity contribution in [2.45, 2.75) is 5.67 Å². The van der Waals surface area contributed by atoms with Crippen LogP contribution in [0.5, 0.6) is 0 Å². The number of nitrogens with zero attached hydrogens (tertiary/aromatic N) is 1. The fourth-order valence-corrected chi connectivity index (χ4v) is 1.76. The summed E-state index contributed by atoms with van der Waals surface area (Å²) in [5.74, 6) is 0. The van der Waals surface area contributed by atoms with Gasteiger partial charge in [-0.15, -0.1) is 0 Å². The quantitative estimate of drug-likeness (QED) is 0.758. The molecule has 14 heavy (non-hydrogen) atoms. The molecule has 2 rings (SSSR count). The first-order valence-electron chi connectivity index (χ1n) is 4.29. The number of halogens is 2. The van der Waals surface area contributed by atoms with Crippen molar-refractivity contribution >= 4 is 27.9 Å². The van der Waals surface area contributed by atoms with Crippen molar-refractivity contribution in [3.63, 3.8) is 0 Å². The van der Waals surface area contributed by atoms with Crippen molar-refractivity contribution in [3.8, 4) is 0 Å². The molecule has 1 heterocycles. The first kappa shape index (κ1) is 9.65. The van der Waals surface area contributed by atoms with Crippen LogP contribution in [0.15, 0.2) is 28.7 Å². The summed E-state index contributed by atoms with van der Waals surface area (Å²) in [5, 5.41) is 0. The molecule has 0 bridgehead atoms. The molecule has 0 aliphatic carbocycles. The lowest BCUT2D eigenvalue weighted by molar-refractivity contribution is -0.119. The van der Waals surface area contributed by atoms with Gasteiger partial charge in [-0.3, -0.25) is 4.79 Å². The lowest BCUT2D eigenvalue weighted by Crippen LogP contribution is -2.60. The Bertz CT molecular complexity index is 346. The van der Waals surface area contributed by atoms with E-state index in [1.54, 1.807) is 0 Å². The second-order valence-electron chi connectivity index (χ2n) is 3.48. The summed E-state index contributed by atoms with van der Waals surface area (Å²) in [7, 11) is 0. The lowest BCUT2D eigenvalue weighted by atomic mass is 9.97. The molecule has 74 valence electrons. The Kier molecular flexibility index (Phi) is 2.31. The minimum absolute atomic E-state index is 0.165. The van der Waals surface area contributed by atoms with Crippen LogP contribution < -0.4 is 4.90 Å². The van der Waals surface area contributed by atoms with E-state index >= 15 is 0 Å². The molecule has 1 aromatic carbocycles. The third-order valence-electron chi connectivity index (χ3n) is 2.31. The smallest absolute Gasteiger partial charge is 0.200 e. The number of hydrogen-bond acceptors (Lipinski definition) is 2. The third-order valence-corrected chi connectivity index (χ3v) is 2.84. The van der Waals surface area contributed by atoms with Crippen LogP contribution in [0.3, 0.4) is 0 Å². The first-order valence-corrected chi connectivity index (χ1v) is 5.08. The Morgan fingerprint density at radius 1 is 1.36 bits per heavy atom. The van der Waals surface area contributed by atoms with Crippen LogP contribution in [0.25, 0.3) is 0 Å². The molecular formula is C10H9BrFNO. The summed E-state index contributed by atoms with van der Waals surface area (Å²) < 4.78 is 14.2. The van der Waals surface area contributed by atoms with Gasteiger partial charge in [-0.25, -0.2) is 4.39 Å². The molecule has 1 saturated heterocycles. The van der Waals surface area contributed by atoms with Crippen molar-refractivity contribution in [3.05, 3.63) is 28.7 Å². The van der Waals surface area contributed by atoms with E-state index < -0.39 is 5.67 Å². The number of anilines is 1. The number of carbonyl (C=O) groups is 1. The molecule has 0 unspecified atom stereocenters. The number of rotatable bonds is 2. The molecule has 1 aromatic rings. The van der Waals surface area contributed by atoms with Gasteiger partial charge in [-0.2, -0.15) is 0 Å². The Morgan fingerprint density at radius 2 is 1.93 bits per heavy atom. The first-order chi connectivity index (χ1) is 6.63. The highest BCUT2D eigenvalue weighted by Crippen LogP contribution is 2.29. The zero-order chi connectivity index (χ0) is 10.2. The zero-order valence-electron chi connectivity index (χ0n) is 7.41. The second kappa shape index (κ2) is 3.35.